The maximum Gasteiger partial charge on any atom is 0.251 e. The van der Waals surface area contributed by atoms with Crippen molar-refractivity contribution in [2.45, 2.75) is 32.2 Å². The van der Waals surface area contributed by atoms with Gasteiger partial charge in [-0.25, -0.2) is 9.07 Å². The van der Waals surface area contributed by atoms with Gasteiger partial charge in [-0.15, -0.1) is 0 Å². The van der Waals surface area contributed by atoms with Crippen molar-refractivity contribution in [1.29, 1.82) is 0 Å². The first-order valence-corrected chi connectivity index (χ1v) is 9.53. The van der Waals surface area contributed by atoms with Gasteiger partial charge in [0.1, 0.15) is 11.5 Å². The summed E-state index contributed by atoms with van der Waals surface area (Å²) in [4.78, 5) is 24.0. The van der Waals surface area contributed by atoms with Crippen LogP contribution in [0.3, 0.4) is 0 Å². The molecule has 0 fully saturated rings. The van der Waals surface area contributed by atoms with E-state index in [0.717, 1.165) is 30.5 Å². The summed E-state index contributed by atoms with van der Waals surface area (Å²) in [6.07, 6.45) is 4.13. The van der Waals surface area contributed by atoms with E-state index < -0.39 is 0 Å². The van der Waals surface area contributed by atoms with E-state index in [9.17, 15) is 14.0 Å². The molecule has 2 N–H and O–H groups in total. The molecule has 0 radical (unpaired) electrons. The SMILES string of the molecule is CC(=O)Nc1cccc(C(=O)N[C@H]2CCCc3c2cnn3-c2ccccc2F)c1. The topological polar surface area (TPSA) is 76.0 Å². The summed E-state index contributed by atoms with van der Waals surface area (Å²) in [7, 11) is 0. The molecule has 6 nitrogen and oxygen atoms in total. The highest BCUT2D eigenvalue weighted by Gasteiger charge is 2.27. The van der Waals surface area contributed by atoms with Crippen molar-refractivity contribution in [3.05, 3.63) is 77.4 Å². The quantitative estimate of drug-likeness (QED) is 0.710. The summed E-state index contributed by atoms with van der Waals surface area (Å²) >= 11 is 0. The number of rotatable bonds is 4. The van der Waals surface area contributed by atoms with E-state index in [4.69, 9.17) is 0 Å². The van der Waals surface area contributed by atoms with E-state index in [1.807, 2.05) is 0 Å². The summed E-state index contributed by atoms with van der Waals surface area (Å²) in [5, 5.41) is 10.1. The Labute approximate surface area is 167 Å². The molecule has 29 heavy (non-hydrogen) atoms. The van der Waals surface area contributed by atoms with E-state index >= 15 is 0 Å². The number of fused-ring (bicyclic) bond motifs is 1. The number of hydrogen-bond acceptors (Lipinski definition) is 3. The molecule has 1 atom stereocenters. The molecule has 1 aromatic heterocycles. The molecule has 1 aliphatic rings. The number of para-hydroxylation sites is 1. The number of amides is 2. The average Bonchev–Trinajstić information content (AvgIpc) is 3.13. The smallest absolute Gasteiger partial charge is 0.251 e. The normalized spacial score (nSPS) is 15.4. The number of halogens is 1. The monoisotopic (exact) mass is 392 g/mol. The molecule has 0 spiro atoms. The lowest BCUT2D eigenvalue weighted by Gasteiger charge is -2.24. The van der Waals surface area contributed by atoms with Crippen molar-refractivity contribution in [2.24, 2.45) is 0 Å². The molecule has 0 unspecified atom stereocenters. The molecule has 0 saturated heterocycles. The first kappa shape index (κ1) is 18.9. The van der Waals surface area contributed by atoms with Crippen LogP contribution < -0.4 is 10.6 Å². The van der Waals surface area contributed by atoms with E-state index in [1.165, 1.54) is 13.0 Å². The van der Waals surface area contributed by atoms with E-state index in [1.54, 1.807) is 53.3 Å². The third kappa shape index (κ3) is 3.89. The number of carbonyl (C=O) groups excluding carboxylic acids is 2. The second-order valence-corrected chi connectivity index (χ2v) is 7.09. The number of aromatic nitrogens is 2. The Morgan fingerprint density at radius 1 is 1.17 bits per heavy atom. The van der Waals surface area contributed by atoms with Crippen molar-refractivity contribution in [3.63, 3.8) is 0 Å². The standard InChI is InChI=1S/C22H21FN4O2/c1-14(28)25-16-7-4-6-15(12-16)22(29)26-19-9-5-11-20-17(19)13-24-27(20)21-10-3-2-8-18(21)23/h2-4,6-8,10,12-13,19H,5,9,11H2,1H3,(H,25,28)(H,26,29)/t19-/m0/s1. The van der Waals surface area contributed by atoms with Gasteiger partial charge in [-0.2, -0.15) is 5.10 Å². The summed E-state index contributed by atoms with van der Waals surface area (Å²) in [5.74, 6) is -0.756. The second kappa shape index (κ2) is 7.87. The highest BCUT2D eigenvalue weighted by molar-refractivity contribution is 5.97. The molecule has 0 aliphatic heterocycles. The van der Waals surface area contributed by atoms with Gasteiger partial charge in [-0.05, 0) is 49.6 Å². The Kier molecular flexibility index (Phi) is 5.12. The van der Waals surface area contributed by atoms with Crippen LogP contribution in [0.4, 0.5) is 10.1 Å². The zero-order chi connectivity index (χ0) is 20.4. The molecule has 2 amide bonds. The number of hydrogen-bond donors (Lipinski definition) is 2. The number of nitrogens with one attached hydrogen (secondary N) is 2. The number of benzene rings is 2. The molecule has 1 aliphatic carbocycles. The molecule has 148 valence electrons. The first-order chi connectivity index (χ1) is 14.0. The van der Waals surface area contributed by atoms with Gasteiger partial charge in [0.15, 0.2) is 0 Å². The van der Waals surface area contributed by atoms with Crippen LogP contribution in [-0.2, 0) is 11.2 Å². The minimum atomic E-state index is -0.334. The fourth-order valence-corrected chi connectivity index (χ4v) is 3.72. The Bertz CT molecular complexity index is 1080. The minimum absolute atomic E-state index is 0.194. The van der Waals surface area contributed by atoms with E-state index in [-0.39, 0.29) is 23.7 Å². The van der Waals surface area contributed by atoms with Crippen molar-refractivity contribution in [1.82, 2.24) is 15.1 Å². The van der Waals surface area contributed by atoms with Gasteiger partial charge in [0.05, 0.1) is 12.2 Å². The van der Waals surface area contributed by atoms with Crippen LogP contribution in [0, 0.1) is 5.82 Å². The van der Waals surface area contributed by atoms with Gasteiger partial charge < -0.3 is 10.6 Å². The number of anilines is 1. The Morgan fingerprint density at radius 3 is 2.79 bits per heavy atom. The lowest BCUT2D eigenvalue weighted by atomic mass is 9.92. The van der Waals surface area contributed by atoms with Crippen LogP contribution >= 0.6 is 0 Å². The summed E-state index contributed by atoms with van der Waals surface area (Å²) in [6, 6.07) is 13.1. The van der Waals surface area contributed by atoms with E-state index in [2.05, 4.69) is 15.7 Å². The predicted octanol–water partition coefficient (Wildman–Crippen LogP) is 3.78. The molecule has 4 rings (SSSR count). The van der Waals surface area contributed by atoms with Crippen molar-refractivity contribution >= 4 is 17.5 Å². The van der Waals surface area contributed by atoms with Crippen LogP contribution in [0.15, 0.2) is 54.7 Å². The largest absolute Gasteiger partial charge is 0.345 e. The maximum absolute atomic E-state index is 14.2. The van der Waals surface area contributed by atoms with Crippen LogP contribution in [0.1, 0.15) is 47.4 Å². The average molecular weight is 392 g/mol. The Morgan fingerprint density at radius 2 is 2.00 bits per heavy atom. The summed E-state index contributed by atoms with van der Waals surface area (Å²) < 4.78 is 15.8. The lowest BCUT2D eigenvalue weighted by Crippen LogP contribution is -2.31. The van der Waals surface area contributed by atoms with Crippen LogP contribution in [0.5, 0.6) is 0 Å². The first-order valence-electron chi connectivity index (χ1n) is 9.53. The zero-order valence-electron chi connectivity index (χ0n) is 16.0. The highest BCUT2D eigenvalue weighted by Crippen LogP contribution is 2.31. The minimum Gasteiger partial charge on any atom is -0.345 e. The lowest BCUT2D eigenvalue weighted by molar-refractivity contribution is -0.114. The third-order valence-corrected chi connectivity index (χ3v) is 5.01. The fraction of sp³-hybridized carbons (Fsp3) is 0.227. The van der Waals surface area contributed by atoms with Crippen LogP contribution in [-0.4, -0.2) is 21.6 Å². The number of carbonyl (C=O) groups is 2. The molecule has 7 heteroatoms. The second-order valence-electron chi connectivity index (χ2n) is 7.09. The van der Waals surface area contributed by atoms with Crippen molar-refractivity contribution < 1.29 is 14.0 Å². The van der Waals surface area contributed by atoms with Gasteiger partial charge in [-0.1, -0.05) is 18.2 Å². The maximum atomic E-state index is 14.2. The Balaban J connectivity index is 1.57. The molecule has 0 saturated carbocycles. The summed E-state index contributed by atoms with van der Waals surface area (Å²) in [6.45, 7) is 1.42. The van der Waals surface area contributed by atoms with Gasteiger partial charge in [0.25, 0.3) is 5.91 Å². The van der Waals surface area contributed by atoms with Crippen molar-refractivity contribution in [2.75, 3.05) is 5.32 Å². The molecule has 3 aromatic rings. The molecular formula is C22H21FN4O2. The molecule has 1 heterocycles. The van der Waals surface area contributed by atoms with Crippen LogP contribution in [0.2, 0.25) is 0 Å². The van der Waals surface area contributed by atoms with Gasteiger partial charge in [-0.3, -0.25) is 9.59 Å². The van der Waals surface area contributed by atoms with Gasteiger partial charge in [0, 0.05) is 29.4 Å². The van der Waals surface area contributed by atoms with Crippen molar-refractivity contribution in [3.8, 4) is 5.69 Å². The summed E-state index contributed by atoms with van der Waals surface area (Å²) in [5.41, 5.74) is 3.26. The molecular weight excluding hydrogens is 371 g/mol. The van der Waals surface area contributed by atoms with Gasteiger partial charge in [0.2, 0.25) is 5.91 Å². The fourth-order valence-electron chi connectivity index (χ4n) is 3.72. The predicted molar refractivity (Wildman–Crippen MR) is 107 cm³/mol. The van der Waals surface area contributed by atoms with Crippen LogP contribution in [0.25, 0.3) is 5.69 Å². The highest BCUT2D eigenvalue weighted by atomic mass is 19.1. The van der Waals surface area contributed by atoms with Gasteiger partial charge >= 0.3 is 0 Å². The third-order valence-electron chi connectivity index (χ3n) is 5.01. The zero-order valence-corrected chi connectivity index (χ0v) is 16.0. The molecule has 2 aromatic carbocycles. The number of nitrogens with zero attached hydrogens (tertiary/aromatic N) is 2. The molecule has 0 bridgehead atoms. The van der Waals surface area contributed by atoms with E-state index in [0.29, 0.717) is 16.9 Å². The Hall–Kier alpha value is -3.48.